The van der Waals surface area contributed by atoms with Crippen LogP contribution in [-0.2, 0) is 4.74 Å². The second-order valence-corrected chi connectivity index (χ2v) is 5.02. The number of nitrogens with two attached hydrogens (primary N) is 1. The molecule has 3 rings (SSSR count). The van der Waals surface area contributed by atoms with Gasteiger partial charge in [0.05, 0.1) is 17.8 Å². The minimum Gasteiger partial charge on any atom is -0.464 e. The molecule has 1 aliphatic heterocycles. The fourth-order valence-corrected chi connectivity index (χ4v) is 2.33. The number of anilines is 1. The molecule has 24 heavy (non-hydrogen) atoms. The van der Waals surface area contributed by atoms with E-state index >= 15 is 0 Å². The Kier molecular flexibility index (Phi) is 3.67. The van der Waals surface area contributed by atoms with Crippen LogP contribution in [0.1, 0.15) is 10.5 Å². The molecule has 1 aromatic heterocycles. The number of esters is 1. The number of rotatable bonds is 2. The second-order valence-electron chi connectivity index (χ2n) is 4.64. The number of hydrogen-bond donors (Lipinski definition) is 1. The highest BCUT2D eigenvalue weighted by Crippen LogP contribution is 2.47. The molecule has 0 radical (unpaired) electrons. The predicted octanol–water partition coefficient (Wildman–Crippen LogP) is 3.23. The Bertz CT molecular complexity index is 860. The molecular weight excluding hydrogens is 353 g/mol. The van der Waals surface area contributed by atoms with Crippen molar-refractivity contribution in [3.8, 4) is 22.8 Å². The Balaban J connectivity index is 2.24. The molecule has 2 N–H and O–H groups in total. The Labute approximate surface area is 137 Å². The third-order valence-corrected chi connectivity index (χ3v) is 3.56. The van der Waals surface area contributed by atoms with E-state index in [0.29, 0.717) is 0 Å². The molecule has 126 valence electrons. The van der Waals surface area contributed by atoms with Crippen LogP contribution in [0.5, 0.6) is 11.5 Å². The number of aromatic nitrogens is 1. The van der Waals surface area contributed by atoms with Crippen LogP contribution in [0.2, 0.25) is 5.02 Å². The first-order valence-electron chi connectivity index (χ1n) is 6.37. The van der Waals surface area contributed by atoms with Gasteiger partial charge in [-0.15, -0.1) is 8.78 Å². The Hall–Kier alpha value is -2.68. The second kappa shape index (κ2) is 5.45. The Morgan fingerprint density at radius 3 is 2.75 bits per heavy atom. The lowest BCUT2D eigenvalue weighted by Crippen LogP contribution is -2.26. The summed E-state index contributed by atoms with van der Waals surface area (Å²) >= 11 is 5.79. The first kappa shape index (κ1) is 16.2. The molecular formula is C14H8ClF3N2O4. The van der Waals surface area contributed by atoms with Gasteiger partial charge in [-0.2, -0.15) is 0 Å². The molecule has 0 atom stereocenters. The van der Waals surface area contributed by atoms with Crippen molar-refractivity contribution in [2.24, 2.45) is 0 Å². The average Bonchev–Trinajstić information content (AvgIpc) is 2.86. The predicted molar refractivity (Wildman–Crippen MR) is 76.6 cm³/mol. The van der Waals surface area contributed by atoms with Crippen LogP contribution < -0.4 is 15.2 Å². The number of hydrogen-bond acceptors (Lipinski definition) is 6. The maximum atomic E-state index is 14.4. The summed E-state index contributed by atoms with van der Waals surface area (Å²) in [6.07, 6.45) is -3.90. The summed E-state index contributed by atoms with van der Waals surface area (Å²) in [5, 5.41) is -0.446. The van der Waals surface area contributed by atoms with Crippen LogP contribution in [0.15, 0.2) is 18.2 Å². The number of benzene rings is 1. The zero-order chi connectivity index (χ0) is 17.6. The summed E-state index contributed by atoms with van der Waals surface area (Å²) in [5.41, 5.74) is 3.81. The van der Waals surface area contributed by atoms with Crippen molar-refractivity contribution < 1.29 is 32.2 Å². The highest BCUT2D eigenvalue weighted by Gasteiger charge is 2.45. The van der Waals surface area contributed by atoms with Gasteiger partial charge in [0, 0.05) is 5.56 Å². The summed E-state index contributed by atoms with van der Waals surface area (Å²) in [7, 11) is 1.07. The van der Waals surface area contributed by atoms with Crippen molar-refractivity contribution in [2.75, 3.05) is 12.8 Å². The number of halogens is 4. The van der Waals surface area contributed by atoms with Crippen molar-refractivity contribution in [1.82, 2.24) is 4.98 Å². The summed E-state index contributed by atoms with van der Waals surface area (Å²) in [5.74, 6) is -2.82. The van der Waals surface area contributed by atoms with Gasteiger partial charge in [-0.05, 0) is 12.1 Å². The molecule has 2 heterocycles. The first-order chi connectivity index (χ1) is 11.2. The molecule has 0 saturated carbocycles. The van der Waals surface area contributed by atoms with Gasteiger partial charge in [-0.1, -0.05) is 17.7 Å². The van der Waals surface area contributed by atoms with Crippen LogP contribution in [-0.4, -0.2) is 24.4 Å². The van der Waals surface area contributed by atoms with E-state index in [-0.39, 0.29) is 11.3 Å². The fraction of sp³-hybridized carbons (Fsp3) is 0.143. The maximum Gasteiger partial charge on any atom is 0.586 e. The smallest absolute Gasteiger partial charge is 0.464 e. The summed E-state index contributed by atoms with van der Waals surface area (Å²) in [6.45, 7) is 0. The van der Waals surface area contributed by atoms with Gasteiger partial charge >= 0.3 is 12.3 Å². The van der Waals surface area contributed by atoms with Crippen molar-refractivity contribution in [1.29, 1.82) is 0 Å². The molecule has 0 amide bonds. The van der Waals surface area contributed by atoms with Crippen LogP contribution in [0.25, 0.3) is 11.3 Å². The van der Waals surface area contributed by atoms with E-state index in [9.17, 15) is 18.0 Å². The fourth-order valence-electron chi connectivity index (χ4n) is 2.13. The molecule has 2 aromatic rings. The normalized spacial score (nSPS) is 14.5. The number of para-hydroxylation sites is 1. The molecule has 0 spiro atoms. The van der Waals surface area contributed by atoms with Gasteiger partial charge in [0.25, 0.3) is 0 Å². The third-order valence-electron chi connectivity index (χ3n) is 3.17. The Morgan fingerprint density at radius 2 is 2.08 bits per heavy atom. The van der Waals surface area contributed by atoms with E-state index in [1.165, 1.54) is 18.2 Å². The highest BCUT2D eigenvalue weighted by atomic mass is 35.5. The van der Waals surface area contributed by atoms with Crippen molar-refractivity contribution in [2.45, 2.75) is 6.29 Å². The Morgan fingerprint density at radius 1 is 1.38 bits per heavy atom. The van der Waals surface area contributed by atoms with E-state index in [4.69, 9.17) is 17.3 Å². The van der Waals surface area contributed by atoms with E-state index in [1.807, 2.05) is 0 Å². The topological polar surface area (TPSA) is 83.7 Å². The van der Waals surface area contributed by atoms with Crippen LogP contribution in [0, 0.1) is 5.82 Å². The minimum atomic E-state index is -3.90. The van der Waals surface area contributed by atoms with E-state index < -0.39 is 45.9 Å². The van der Waals surface area contributed by atoms with Gasteiger partial charge in [-0.3, -0.25) is 0 Å². The third kappa shape index (κ3) is 2.46. The number of ether oxygens (including phenoxy) is 3. The van der Waals surface area contributed by atoms with Gasteiger partial charge in [0.1, 0.15) is 5.69 Å². The van der Waals surface area contributed by atoms with Crippen molar-refractivity contribution >= 4 is 23.3 Å². The molecule has 0 aliphatic carbocycles. The van der Waals surface area contributed by atoms with Crippen molar-refractivity contribution in [3.63, 3.8) is 0 Å². The molecule has 0 unspecified atom stereocenters. The monoisotopic (exact) mass is 360 g/mol. The number of fused-ring (bicyclic) bond motifs is 1. The molecule has 10 heteroatoms. The zero-order valence-corrected chi connectivity index (χ0v) is 12.7. The number of carbonyl (C=O) groups is 1. The molecule has 1 aromatic carbocycles. The van der Waals surface area contributed by atoms with Gasteiger partial charge < -0.3 is 19.9 Å². The number of pyridine rings is 1. The molecule has 6 nitrogen and oxygen atoms in total. The number of nitrogen functional groups attached to an aromatic ring is 1. The standard InChI is InChI=1S/C14H8ClF3N2O4/c1-22-13(21)11-7(15)9(19)8(16)10(20-11)5-3-2-4-6-12(5)24-14(17,18)23-6/h2-4H,1H3,(H2,19,20). The van der Waals surface area contributed by atoms with Crippen molar-refractivity contribution in [3.05, 3.63) is 34.7 Å². The quantitative estimate of drug-likeness (QED) is 0.828. The zero-order valence-electron chi connectivity index (χ0n) is 11.9. The summed E-state index contributed by atoms with van der Waals surface area (Å²) in [4.78, 5) is 15.5. The lowest BCUT2D eigenvalue weighted by molar-refractivity contribution is -0.286. The number of carbonyl (C=O) groups excluding carboxylic acids is 1. The highest BCUT2D eigenvalue weighted by molar-refractivity contribution is 6.35. The van der Waals surface area contributed by atoms with E-state index in [1.54, 1.807) is 0 Å². The molecule has 0 bridgehead atoms. The average molecular weight is 361 g/mol. The number of methoxy groups -OCH3 is 1. The largest absolute Gasteiger partial charge is 0.586 e. The van der Waals surface area contributed by atoms with E-state index in [2.05, 4.69) is 19.2 Å². The van der Waals surface area contributed by atoms with Crippen LogP contribution >= 0.6 is 11.6 Å². The molecule has 1 aliphatic rings. The van der Waals surface area contributed by atoms with Gasteiger partial charge in [0.2, 0.25) is 0 Å². The molecule has 0 saturated heterocycles. The lowest BCUT2D eigenvalue weighted by atomic mass is 10.1. The summed E-state index contributed by atoms with van der Waals surface area (Å²) in [6, 6.07) is 3.78. The maximum absolute atomic E-state index is 14.4. The van der Waals surface area contributed by atoms with Gasteiger partial charge in [0.15, 0.2) is 23.0 Å². The summed E-state index contributed by atoms with van der Waals surface area (Å²) < 4.78 is 54.1. The SMILES string of the molecule is COC(=O)c1nc(-c2cccc3c2OC(F)(F)O3)c(F)c(N)c1Cl. The lowest BCUT2D eigenvalue weighted by Gasteiger charge is -2.12. The van der Waals surface area contributed by atoms with Gasteiger partial charge in [-0.25, -0.2) is 14.2 Å². The first-order valence-corrected chi connectivity index (χ1v) is 6.75. The van der Waals surface area contributed by atoms with E-state index in [0.717, 1.165) is 7.11 Å². The minimum absolute atomic E-state index is 0.185. The van der Waals surface area contributed by atoms with Crippen LogP contribution in [0.3, 0.4) is 0 Å². The molecule has 0 fully saturated rings. The van der Waals surface area contributed by atoms with Crippen LogP contribution in [0.4, 0.5) is 18.9 Å². The number of nitrogens with zero attached hydrogens (tertiary/aromatic N) is 1. The number of alkyl halides is 2.